The number of methoxy groups -OCH3 is 1. The molecule has 2 aromatic carbocycles. The zero-order valence-corrected chi connectivity index (χ0v) is 12.1. The van der Waals surface area contributed by atoms with Crippen LogP contribution < -0.4 is 16.0 Å². The van der Waals surface area contributed by atoms with Crippen molar-refractivity contribution in [1.82, 2.24) is 5.43 Å². The van der Waals surface area contributed by atoms with E-state index in [0.29, 0.717) is 0 Å². The van der Waals surface area contributed by atoms with Crippen LogP contribution in [0.15, 0.2) is 48.5 Å². The van der Waals surface area contributed by atoms with Gasteiger partial charge in [0.2, 0.25) is 0 Å². The fourth-order valence-corrected chi connectivity index (χ4v) is 2.24. The standard InChI is InChI=1S/C17H22N2O/c1-13-3-5-14(6-4-13)11-16(19-18)12-15-7-9-17(20-2)10-8-15/h3-10,16,19H,11-12,18H2,1-2H3. The monoisotopic (exact) mass is 270 g/mol. The Bertz CT molecular complexity index is 520. The van der Waals surface area contributed by atoms with E-state index in [1.807, 2.05) is 12.1 Å². The van der Waals surface area contributed by atoms with Crippen molar-refractivity contribution in [2.45, 2.75) is 25.8 Å². The summed E-state index contributed by atoms with van der Waals surface area (Å²) in [5, 5.41) is 0. The maximum absolute atomic E-state index is 5.68. The lowest BCUT2D eigenvalue weighted by Crippen LogP contribution is -2.38. The number of rotatable bonds is 6. The molecule has 0 aromatic heterocycles. The number of benzene rings is 2. The molecule has 0 aliphatic rings. The van der Waals surface area contributed by atoms with Gasteiger partial charge in [0.15, 0.2) is 0 Å². The molecule has 1 unspecified atom stereocenters. The number of nitrogens with one attached hydrogen (secondary N) is 1. The van der Waals surface area contributed by atoms with Crippen LogP contribution in [0.1, 0.15) is 16.7 Å². The van der Waals surface area contributed by atoms with Crippen molar-refractivity contribution in [2.24, 2.45) is 5.84 Å². The minimum Gasteiger partial charge on any atom is -0.497 e. The van der Waals surface area contributed by atoms with E-state index in [9.17, 15) is 0 Å². The third-order valence-corrected chi connectivity index (χ3v) is 3.48. The second-order valence-electron chi connectivity index (χ2n) is 5.11. The van der Waals surface area contributed by atoms with E-state index in [2.05, 4.69) is 48.7 Å². The molecular weight excluding hydrogens is 248 g/mol. The van der Waals surface area contributed by atoms with Crippen LogP contribution in [-0.4, -0.2) is 13.2 Å². The van der Waals surface area contributed by atoms with Gasteiger partial charge in [-0.05, 0) is 43.0 Å². The SMILES string of the molecule is COc1ccc(CC(Cc2ccc(C)cc2)NN)cc1. The van der Waals surface area contributed by atoms with E-state index in [-0.39, 0.29) is 6.04 Å². The summed E-state index contributed by atoms with van der Waals surface area (Å²) in [7, 11) is 1.68. The lowest BCUT2D eigenvalue weighted by atomic mass is 9.99. The van der Waals surface area contributed by atoms with Crippen LogP contribution in [0.4, 0.5) is 0 Å². The van der Waals surface area contributed by atoms with Gasteiger partial charge >= 0.3 is 0 Å². The number of ether oxygens (including phenoxy) is 1. The van der Waals surface area contributed by atoms with Crippen molar-refractivity contribution < 1.29 is 4.74 Å². The Morgan fingerprint density at radius 1 is 0.950 bits per heavy atom. The first-order valence-corrected chi connectivity index (χ1v) is 6.86. The number of hydrogen-bond donors (Lipinski definition) is 2. The first-order valence-electron chi connectivity index (χ1n) is 6.86. The zero-order valence-electron chi connectivity index (χ0n) is 12.1. The Balaban J connectivity index is 1.99. The summed E-state index contributed by atoms with van der Waals surface area (Å²) < 4.78 is 5.17. The summed E-state index contributed by atoms with van der Waals surface area (Å²) in [6.07, 6.45) is 1.82. The topological polar surface area (TPSA) is 47.3 Å². The van der Waals surface area contributed by atoms with Crippen LogP contribution >= 0.6 is 0 Å². The molecule has 2 rings (SSSR count). The molecule has 0 saturated carbocycles. The van der Waals surface area contributed by atoms with Crippen LogP contribution in [0, 0.1) is 6.92 Å². The number of hydrogen-bond acceptors (Lipinski definition) is 3. The van der Waals surface area contributed by atoms with E-state index in [0.717, 1.165) is 18.6 Å². The molecule has 3 N–H and O–H groups in total. The third kappa shape index (κ3) is 4.08. The first kappa shape index (κ1) is 14.6. The predicted octanol–water partition coefficient (Wildman–Crippen LogP) is 2.62. The van der Waals surface area contributed by atoms with Crippen molar-refractivity contribution in [3.8, 4) is 5.75 Å². The Labute approximate surface area is 120 Å². The molecule has 0 bridgehead atoms. The van der Waals surface area contributed by atoms with Crippen molar-refractivity contribution in [3.63, 3.8) is 0 Å². The summed E-state index contributed by atoms with van der Waals surface area (Å²) in [5.74, 6) is 6.56. The van der Waals surface area contributed by atoms with Gasteiger partial charge in [-0.25, -0.2) is 0 Å². The normalized spacial score (nSPS) is 12.2. The van der Waals surface area contributed by atoms with E-state index in [4.69, 9.17) is 10.6 Å². The van der Waals surface area contributed by atoms with Gasteiger partial charge in [-0.2, -0.15) is 0 Å². The number of nitrogens with two attached hydrogens (primary N) is 1. The quantitative estimate of drug-likeness (QED) is 0.626. The Morgan fingerprint density at radius 3 is 1.90 bits per heavy atom. The number of hydrazine groups is 1. The molecule has 2 aromatic rings. The summed E-state index contributed by atoms with van der Waals surface area (Å²) in [6.45, 7) is 2.10. The van der Waals surface area contributed by atoms with Crippen molar-refractivity contribution in [1.29, 1.82) is 0 Å². The highest BCUT2D eigenvalue weighted by Crippen LogP contribution is 2.14. The van der Waals surface area contributed by atoms with E-state index >= 15 is 0 Å². The van der Waals surface area contributed by atoms with Gasteiger partial charge in [-0.3, -0.25) is 11.3 Å². The fourth-order valence-electron chi connectivity index (χ4n) is 2.24. The van der Waals surface area contributed by atoms with Gasteiger partial charge < -0.3 is 4.74 Å². The maximum atomic E-state index is 5.68. The molecule has 0 radical (unpaired) electrons. The summed E-state index contributed by atoms with van der Waals surface area (Å²) in [6, 6.07) is 16.9. The van der Waals surface area contributed by atoms with Gasteiger partial charge in [0, 0.05) is 6.04 Å². The highest BCUT2D eigenvalue weighted by molar-refractivity contribution is 5.28. The molecule has 0 amide bonds. The molecule has 0 aliphatic carbocycles. The van der Waals surface area contributed by atoms with Crippen molar-refractivity contribution >= 4 is 0 Å². The molecule has 0 spiro atoms. The van der Waals surface area contributed by atoms with Gasteiger partial charge in [0.25, 0.3) is 0 Å². The summed E-state index contributed by atoms with van der Waals surface area (Å²) in [5.41, 5.74) is 6.74. The highest BCUT2D eigenvalue weighted by Gasteiger charge is 2.09. The Kier molecular flexibility index (Phi) is 5.16. The van der Waals surface area contributed by atoms with E-state index < -0.39 is 0 Å². The van der Waals surface area contributed by atoms with Crippen LogP contribution in [0.25, 0.3) is 0 Å². The van der Waals surface area contributed by atoms with Gasteiger partial charge in [0.05, 0.1) is 7.11 Å². The predicted molar refractivity (Wildman–Crippen MR) is 82.7 cm³/mol. The van der Waals surface area contributed by atoms with Crippen molar-refractivity contribution in [2.75, 3.05) is 7.11 Å². The molecule has 3 nitrogen and oxygen atoms in total. The summed E-state index contributed by atoms with van der Waals surface area (Å²) in [4.78, 5) is 0. The molecule has 20 heavy (non-hydrogen) atoms. The second-order valence-corrected chi connectivity index (χ2v) is 5.11. The molecule has 106 valence electrons. The minimum atomic E-state index is 0.228. The maximum Gasteiger partial charge on any atom is 0.118 e. The van der Waals surface area contributed by atoms with Crippen LogP contribution in [-0.2, 0) is 12.8 Å². The van der Waals surface area contributed by atoms with Crippen LogP contribution in [0.2, 0.25) is 0 Å². The average molecular weight is 270 g/mol. The Morgan fingerprint density at radius 2 is 1.45 bits per heavy atom. The molecule has 3 heteroatoms. The molecule has 0 saturated heterocycles. The lowest BCUT2D eigenvalue weighted by Gasteiger charge is -2.16. The molecule has 0 aliphatic heterocycles. The van der Waals surface area contributed by atoms with Gasteiger partial charge in [0.1, 0.15) is 5.75 Å². The molecule has 0 heterocycles. The van der Waals surface area contributed by atoms with Crippen LogP contribution in [0.3, 0.4) is 0 Å². The number of aryl methyl sites for hydroxylation is 1. The largest absolute Gasteiger partial charge is 0.497 e. The average Bonchev–Trinajstić information content (AvgIpc) is 2.49. The summed E-state index contributed by atoms with van der Waals surface area (Å²) >= 11 is 0. The van der Waals surface area contributed by atoms with Crippen molar-refractivity contribution in [3.05, 3.63) is 65.2 Å². The molecular formula is C17H22N2O. The smallest absolute Gasteiger partial charge is 0.118 e. The second kappa shape index (κ2) is 7.08. The van der Waals surface area contributed by atoms with E-state index in [1.54, 1.807) is 7.11 Å². The third-order valence-electron chi connectivity index (χ3n) is 3.48. The lowest BCUT2D eigenvalue weighted by molar-refractivity contribution is 0.414. The first-order chi connectivity index (χ1) is 9.71. The Hall–Kier alpha value is -1.84. The van der Waals surface area contributed by atoms with Crippen LogP contribution in [0.5, 0.6) is 5.75 Å². The zero-order chi connectivity index (χ0) is 14.4. The molecule has 1 atom stereocenters. The molecule has 0 fully saturated rings. The van der Waals surface area contributed by atoms with Gasteiger partial charge in [-0.15, -0.1) is 0 Å². The fraction of sp³-hybridized carbons (Fsp3) is 0.294. The van der Waals surface area contributed by atoms with E-state index in [1.165, 1.54) is 16.7 Å². The van der Waals surface area contributed by atoms with Gasteiger partial charge in [-0.1, -0.05) is 42.0 Å². The highest BCUT2D eigenvalue weighted by atomic mass is 16.5. The minimum absolute atomic E-state index is 0.228.